The summed E-state index contributed by atoms with van der Waals surface area (Å²) in [7, 11) is 0. The van der Waals surface area contributed by atoms with Gasteiger partial charge in [-0.15, -0.1) is 0 Å². The number of nitrogens with one attached hydrogen (secondary N) is 6. The topological polar surface area (TPSA) is 394 Å². The number of fused-ring (bicyclic) bond motifs is 2. The number of nitrogen functional groups attached to an aromatic ring is 2. The number of aromatic nitrogens is 6. The van der Waals surface area contributed by atoms with Crippen LogP contribution in [0.3, 0.4) is 0 Å². The van der Waals surface area contributed by atoms with Crippen molar-refractivity contribution in [1.29, 1.82) is 0 Å². The summed E-state index contributed by atoms with van der Waals surface area (Å²) in [5.41, 5.74) is 15.0. The maximum absolute atomic E-state index is 12.2. The van der Waals surface area contributed by atoms with Crippen LogP contribution in [0, 0.1) is 0 Å². The van der Waals surface area contributed by atoms with Crippen LogP contribution in [-0.2, 0) is 44.9 Å². The monoisotopic (exact) mass is 942 g/mol. The van der Waals surface area contributed by atoms with E-state index in [-0.39, 0.29) is 165 Å². The number of carbonyl (C=O) groups is 6. The number of rotatable bonds is 18. The Morgan fingerprint density at radius 3 is 1.18 bits per heavy atom. The first-order valence-electron chi connectivity index (χ1n) is 18.8. The fourth-order valence-corrected chi connectivity index (χ4v) is 6.34. The fourth-order valence-electron chi connectivity index (χ4n) is 6.34. The number of hydrogen-bond acceptors (Lipinski definition) is 16. The molecular weight excluding hydrogens is 904 g/mol. The van der Waals surface area contributed by atoms with Crippen molar-refractivity contribution in [2.75, 3.05) is 11.5 Å². The molecule has 22 nitrogen and oxygen atoms in total. The summed E-state index contributed by atoms with van der Waals surface area (Å²) in [5, 5.41) is 48.5. The van der Waals surface area contributed by atoms with Crippen LogP contribution in [0.4, 0.5) is 11.9 Å². The van der Waals surface area contributed by atoms with E-state index in [2.05, 4.69) is 40.5 Å². The van der Waals surface area contributed by atoms with E-state index in [1.807, 2.05) is 0 Å². The number of nitrogens with zero attached hydrogens (tertiary/aromatic N) is 2. The molecule has 6 aromatic rings. The van der Waals surface area contributed by atoms with Crippen LogP contribution in [-0.4, -0.2) is 77.7 Å². The predicted octanol–water partition coefficient (Wildman–Crippen LogP) is -16.0. The van der Waals surface area contributed by atoms with Crippen LogP contribution in [0.1, 0.15) is 68.7 Å². The SMILES string of the molecule is Nc1nc2[nH]cc(CCc3ccc(C(=O)N[C@@H](CCC(=O)[O-])C(=O)[O-])cc3)c2c(=O)[nH]1.Nc1nc2[nH]cc(CCc3ccc(C(=O)N[C@@H](CCC(=O)[O-])C(=O)[O-])cc3)c2c(=O)[nH]1.[Na+].[Na+].[Na+].[Na+]. The van der Waals surface area contributed by atoms with Crippen LogP contribution in [0.5, 0.6) is 0 Å². The number of carboxylic acid groups (broad SMARTS) is 4. The van der Waals surface area contributed by atoms with Gasteiger partial charge in [0.25, 0.3) is 22.9 Å². The molecule has 0 saturated heterocycles. The number of aryl methyl sites for hydroxylation is 4. The van der Waals surface area contributed by atoms with Crippen LogP contribution in [0.15, 0.2) is 70.5 Å². The minimum Gasteiger partial charge on any atom is -0.550 e. The first kappa shape index (κ1) is 59.7. The standard InChI is InChI=1S/2C20H21N5O6.4Na/c2*21-20-24-16-15(18(29)25-20)12(9-22-16)6-3-10-1-4-11(5-2-10)17(28)23-13(19(30)31)7-8-14(26)27;;;;/h2*1-2,4-5,9,13H,3,6-8H2,(H,23,28)(H,26,27)(H,30,31)(H4,21,22,24,25,29);;;;/q;;4*+1/p-4/t2*13-;;;;/m00..../s1. The van der Waals surface area contributed by atoms with Crippen molar-refractivity contribution in [3.63, 3.8) is 0 Å². The van der Waals surface area contributed by atoms with Gasteiger partial charge in [-0.05, 0) is 97.9 Å². The number of amides is 2. The molecule has 10 N–H and O–H groups in total. The number of hydrogen-bond donors (Lipinski definition) is 8. The van der Waals surface area contributed by atoms with Crippen LogP contribution in [0.25, 0.3) is 22.1 Å². The summed E-state index contributed by atoms with van der Waals surface area (Å²) >= 11 is 0. The summed E-state index contributed by atoms with van der Waals surface area (Å²) in [6, 6.07) is 10.1. The number of nitrogens with two attached hydrogens (primary N) is 2. The van der Waals surface area contributed by atoms with Crippen LogP contribution in [0.2, 0.25) is 0 Å². The van der Waals surface area contributed by atoms with Crippen molar-refractivity contribution >= 4 is 69.7 Å². The van der Waals surface area contributed by atoms with E-state index in [9.17, 15) is 58.8 Å². The first-order chi connectivity index (χ1) is 29.5. The van der Waals surface area contributed by atoms with E-state index in [0.29, 0.717) is 47.8 Å². The Morgan fingerprint density at radius 2 is 0.879 bits per heavy atom. The largest absolute Gasteiger partial charge is 1.00 e. The fraction of sp³-hybridized carbons (Fsp3) is 0.250. The number of benzene rings is 2. The number of H-pyrrole nitrogens is 4. The van der Waals surface area contributed by atoms with Crippen molar-refractivity contribution in [1.82, 2.24) is 40.5 Å². The third-order valence-corrected chi connectivity index (χ3v) is 9.54. The maximum atomic E-state index is 12.2. The molecule has 0 spiro atoms. The van der Waals surface area contributed by atoms with Gasteiger partial charge in [-0.25, -0.2) is 0 Å². The summed E-state index contributed by atoms with van der Waals surface area (Å²) in [4.78, 5) is 111. The zero-order valence-electron chi connectivity index (χ0n) is 36.5. The van der Waals surface area contributed by atoms with E-state index >= 15 is 0 Å². The van der Waals surface area contributed by atoms with Gasteiger partial charge in [0.05, 0.1) is 34.8 Å². The van der Waals surface area contributed by atoms with Crippen LogP contribution >= 0.6 is 0 Å². The summed E-state index contributed by atoms with van der Waals surface area (Å²) in [6.45, 7) is 0. The Morgan fingerprint density at radius 1 is 0.545 bits per heavy atom. The Kier molecular flexibility index (Phi) is 25.4. The zero-order valence-corrected chi connectivity index (χ0v) is 44.5. The van der Waals surface area contributed by atoms with E-state index in [1.165, 1.54) is 24.3 Å². The molecule has 4 aromatic heterocycles. The molecule has 0 saturated carbocycles. The summed E-state index contributed by atoms with van der Waals surface area (Å²) < 4.78 is 0. The first-order valence-corrected chi connectivity index (χ1v) is 18.8. The van der Waals surface area contributed by atoms with Crippen molar-refractivity contribution in [3.8, 4) is 0 Å². The second kappa shape index (κ2) is 28.1. The molecule has 26 heteroatoms. The zero-order chi connectivity index (χ0) is 45.1. The molecule has 2 amide bonds. The van der Waals surface area contributed by atoms with Gasteiger partial charge in [0.15, 0.2) is 0 Å². The third kappa shape index (κ3) is 17.1. The molecule has 0 aliphatic heterocycles. The second-order valence-electron chi connectivity index (χ2n) is 13.9. The van der Waals surface area contributed by atoms with E-state index < -0.39 is 60.6 Å². The minimum atomic E-state index is -1.57. The van der Waals surface area contributed by atoms with Gasteiger partial charge >= 0.3 is 118 Å². The maximum Gasteiger partial charge on any atom is 1.00 e. The summed E-state index contributed by atoms with van der Waals surface area (Å²) in [5.74, 6) is -7.24. The van der Waals surface area contributed by atoms with E-state index in [1.54, 1.807) is 36.7 Å². The van der Waals surface area contributed by atoms with Gasteiger partial charge in [-0.1, -0.05) is 24.3 Å². The molecule has 0 radical (unpaired) electrons. The Labute approximate surface area is 462 Å². The summed E-state index contributed by atoms with van der Waals surface area (Å²) in [6.07, 6.45) is 3.91. The number of aliphatic carboxylic acids is 4. The molecule has 4 heterocycles. The molecule has 6 rings (SSSR count). The van der Waals surface area contributed by atoms with Crippen molar-refractivity contribution in [2.24, 2.45) is 0 Å². The number of carbonyl (C=O) groups excluding carboxylic acids is 6. The second-order valence-corrected chi connectivity index (χ2v) is 13.9. The number of aromatic amines is 4. The van der Waals surface area contributed by atoms with Gasteiger partial charge < -0.3 is 71.7 Å². The predicted molar refractivity (Wildman–Crippen MR) is 211 cm³/mol. The van der Waals surface area contributed by atoms with E-state index in [4.69, 9.17) is 11.5 Å². The van der Waals surface area contributed by atoms with Gasteiger partial charge in [-0.3, -0.25) is 29.1 Å². The molecule has 2 aromatic carbocycles. The molecule has 0 aliphatic rings. The molecule has 0 bridgehead atoms. The average Bonchev–Trinajstić information content (AvgIpc) is 3.83. The van der Waals surface area contributed by atoms with Crippen molar-refractivity contribution < 1.29 is 167 Å². The molecule has 66 heavy (non-hydrogen) atoms. The third-order valence-electron chi connectivity index (χ3n) is 9.54. The van der Waals surface area contributed by atoms with Gasteiger partial charge in [0.1, 0.15) is 11.3 Å². The molecule has 2 atom stereocenters. The van der Waals surface area contributed by atoms with Crippen molar-refractivity contribution in [2.45, 2.75) is 63.5 Å². The van der Waals surface area contributed by atoms with Gasteiger partial charge in [0.2, 0.25) is 11.9 Å². The molecule has 324 valence electrons. The minimum absolute atomic E-state index is 0. The Hall–Kier alpha value is -4.30. The Bertz CT molecular complexity index is 2570. The average molecular weight is 943 g/mol. The quantitative estimate of drug-likeness (QED) is 0.0371. The van der Waals surface area contributed by atoms with Gasteiger partial charge in [0, 0.05) is 35.5 Å². The van der Waals surface area contributed by atoms with Crippen LogP contribution < -0.4 is 172 Å². The molecular formula is C40H38N10Na4O12. The van der Waals surface area contributed by atoms with E-state index in [0.717, 1.165) is 22.3 Å². The number of anilines is 2. The molecule has 0 aliphatic carbocycles. The normalized spacial score (nSPS) is 11.2. The van der Waals surface area contributed by atoms with Gasteiger partial charge in [-0.2, -0.15) is 9.97 Å². The Balaban J connectivity index is 0.000000622. The molecule has 0 unspecified atom stereocenters. The van der Waals surface area contributed by atoms with Crippen molar-refractivity contribution in [3.05, 3.63) is 115 Å². The smallest absolute Gasteiger partial charge is 0.550 e. The molecule has 0 fully saturated rings. The number of carboxylic acids is 4.